The summed E-state index contributed by atoms with van der Waals surface area (Å²) in [7, 11) is 4.73. The maximum Gasteiger partial charge on any atom is 0.191 e. The molecule has 2 aromatic rings. The molecule has 0 saturated carbocycles. The molecule has 2 rings (SSSR count). The van der Waals surface area contributed by atoms with E-state index in [1.165, 1.54) is 0 Å². The summed E-state index contributed by atoms with van der Waals surface area (Å²) < 4.78 is 38.3. The van der Waals surface area contributed by atoms with Crippen molar-refractivity contribution in [2.75, 3.05) is 21.3 Å². The molecule has 0 aromatic heterocycles. The molecule has 0 heterocycles. The van der Waals surface area contributed by atoms with E-state index >= 15 is 0 Å². The zero-order valence-electron chi connectivity index (χ0n) is 15.1. The summed E-state index contributed by atoms with van der Waals surface area (Å²) in [5.41, 5.74) is 1.14. The van der Waals surface area contributed by atoms with Gasteiger partial charge in [-0.2, -0.15) is 0 Å². The van der Waals surface area contributed by atoms with E-state index in [0.717, 1.165) is 28.2 Å². The fourth-order valence-corrected chi connectivity index (χ4v) is 2.75. The minimum Gasteiger partial charge on any atom is -0.493 e. The number of rotatable bonds is 6. The van der Waals surface area contributed by atoms with Gasteiger partial charge in [0.05, 0.1) is 14.2 Å². The standard InChI is InChI=1S/C18H20BrF2N3O2.HI/c1-22-18(24-10-12-6-13(20)4-5-15(12)21)23-9-11-7-16(25-2)17(26-3)8-14(11)19;/h4-8H,9-10H2,1-3H3,(H2,22,23,24);1H. The topological polar surface area (TPSA) is 54.9 Å². The number of nitrogens with zero attached hydrogens (tertiary/aromatic N) is 1. The second-order valence-electron chi connectivity index (χ2n) is 5.31. The molecule has 0 saturated heterocycles. The van der Waals surface area contributed by atoms with Gasteiger partial charge >= 0.3 is 0 Å². The van der Waals surface area contributed by atoms with Crippen LogP contribution in [0.2, 0.25) is 0 Å². The Bertz CT molecular complexity index is 806. The van der Waals surface area contributed by atoms with Crippen LogP contribution in [0, 0.1) is 11.6 Å². The summed E-state index contributed by atoms with van der Waals surface area (Å²) in [6.07, 6.45) is 0. The normalized spacial score (nSPS) is 10.8. The molecule has 0 aliphatic rings. The molecule has 0 aliphatic heterocycles. The highest BCUT2D eigenvalue weighted by Gasteiger charge is 2.10. The van der Waals surface area contributed by atoms with Gasteiger partial charge in [-0.1, -0.05) is 15.9 Å². The van der Waals surface area contributed by atoms with Gasteiger partial charge in [-0.15, -0.1) is 24.0 Å². The Labute approximate surface area is 182 Å². The van der Waals surface area contributed by atoms with Crippen LogP contribution < -0.4 is 20.1 Å². The molecule has 9 heteroatoms. The first kappa shape index (κ1) is 23.4. The van der Waals surface area contributed by atoms with E-state index in [1.54, 1.807) is 21.3 Å². The van der Waals surface area contributed by atoms with Crippen molar-refractivity contribution in [2.24, 2.45) is 4.99 Å². The third-order valence-corrected chi connectivity index (χ3v) is 4.41. The molecule has 0 aliphatic carbocycles. The van der Waals surface area contributed by atoms with E-state index in [1.807, 2.05) is 12.1 Å². The smallest absolute Gasteiger partial charge is 0.191 e. The number of benzene rings is 2. The van der Waals surface area contributed by atoms with E-state index in [0.29, 0.717) is 24.0 Å². The molecule has 5 nitrogen and oxygen atoms in total. The van der Waals surface area contributed by atoms with E-state index in [9.17, 15) is 8.78 Å². The average Bonchev–Trinajstić information content (AvgIpc) is 2.65. The van der Waals surface area contributed by atoms with Crippen LogP contribution in [0.1, 0.15) is 11.1 Å². The van der Waals surface area contributed by atoms with Crippen molar-refractivity contribution in [1.82, 2.24) is 10.6 Å². The van der Waals surface area contributed by atoms with Gasteiger partial charge in [-0.05, 0) is 35.9 Å². The lowest BCUT2D eigenvalue weighted by Gasteiger charge is -2.15. The van der Waals surface area contributed by atoms with E-state index in [4.69, 9.17) is 9.47 Å². The van der Waals surface area contributed by atoms with Crippen LogP contribution in [0.4, 0.5) is 8.78 Å². The van der Waals surface area contributed by atoms with Crippen molar-refractivity contribution >= 4 is 45.9 Å². The van der Waals surface area contributed by atoms with Crippen molar-refractivity contribution in [3.05, 3.63) is 57.6 Å². The van der Waals surface area contributed by atoms with Crippen LogP contribution in [0.25, 0.3) is 0 Å². The van der Waals surface area contributed by atoms with Gasteiger partial charge in [0.1, 0.15) is 11.6 Å². The molecule has 0 fully saturated rings. The van der Waals surface area contributed by atoms with E-state index in [-0.39, 0.29) is 36.1 Å². The van der Waals surface area contributed by atoms with Crippen LogP contribution in [-0.2, 0) is 13.1 Å². The van der Waals surface area contributed by atoms with Crippen LogP contribution in [0.15, 0.2) is 39.8 Å². The second-order valence-corrected chi connectivity index (χ2v) is 6.17. The Hall–Kier alpha value is -1.62. The number of methoxy groups -OCH3 is 2. The van der Waals surface area contributed by atoms with E-state index in [2.05, 4.69) is 31.6 Å². The monoisotopic (exact) mass is 555 g/mol. The summed E-state index contributed by atoms with van der Waals surface area (Å²) in [5, 5.41) is 6.07. The maximum atomic E-state index is 13.7. The fourth-order valence-electron chi connectivity index (χ4n) is 2.29. The highest BCUT2D eigenvalue weighted by atomic mass is 127. The van der Waals surface area contributed by atoms with Crippen molar-refractivity contribution in [3.63, 3.8) is 0 Å². The summed E-state index contributed by atoms with van der Waals surface area (Å²) in [4.78, 5) is 4.08. The van der Waals surface area contributed by atoms with Gasteiger partial charge < -0.3 is 20.1 Å². The van der Waals surface area contributed by atoms with Crippen molar-refractivity contribution in [2.45, 2.75) is 13.1 Å². The first-order chi connectivity index (χ1) is 12.5. The predicted octanol–water partition coefficient (Wildman–Crippen LogP) is 4.23. The number of guanidine groups is 1. The SMILES string of the molecule is CN=C(NCc1cc(F)ccc1F)NCc1cc(OC)c(OC)cc1Br.I. The molecule has 0 bridgehead atoms. The lowest BCUT2D eigenvalue weighted by Crippen LogP contribution is -2.36. The Kier molecular flexibility index (Phi) is 9.78. The number of hydrogen-bond acceptors (Lipinski definition) is 3. The molecule has 148 valence electrons. The maximum absolute atomic E-state index is 13.7. The molecule has 2 aromatic carbocycles. The van der Waals surface area contributed by atoms with Crippen LogP contribution in [-0.4, -0.2) is 27.2 Å². The molecule has 0 atom stereocenters. The highest BCUT2D eigenvalue weighted by molar-refractivity contribution is 14.0. The number of halogens is 4. The lowest BCUT2D eigenvalue weighted by molar-refractivity contribution is 0.354. The molecule has 27 heavy (non-hydrogen) atoms. The number of hydrogen-bond donors (Lipinski definition) is 2. The Morgan fingerprint density at radius 1 is 1.00 bits per heavy atom. The Balaban J connectivity index is 0.00000364. The largest absolute Gasteiger partial charge is 0.493 e. The van der Waals surface area contributed by atoms with Crippen molar-refractivity contribution < 1.29 is 18.3 Å². The molecule has 0 amide bonds. The van der Waals surface area contributed by atoms with Crippen LogP contribution in [0.3, 0.4) is 0 Å². The molecule has 0 unspecified atom stereocenters. The third-order valence-electron chi connectivity index (χ3n) is 3.68. The molecular weight excluding hydrogens is 535 g/mol. The van der Waals surface area contributed by atoms with Gasteiger partial charge in [0.2, 0.25) is 0 Å². The second kappa shape index (κ2) is 11.3. The zero-order chi connectivity index (χ0) is 19.1. The molecule has 0 spiro atoms. The van der Waals surface area contributed by atoms with Gasteiger partial charge in [0.15, 0.2) is 17.5 Å². The number of nitrogens with one attached hydrogen (secondary N) is 2. The third kappa shape index (κ3) is 6.49. The highest BCUT2D eigenvalue weighted by Crippen LogP contribution is 2.33. The lowest BCUT2D eigenvalue weighted by atomic mass is 10.2. The summed E-state index contributed by atoms with van der Waals surface area (Å²) in [5.74, 6) is 0.720. The average molecular weight is 556 g/mol. The van der Waals surface area contributed by atoms with Gasteiger partial charge in [-0.25, -0.2) is 8.78 Å². The number of aliphatic imine (C=N–C) groups is 1. The van der Waals surface area contributed by atoms with Gasteiger partial charge in [-0.3, -0.25) is 4.99 Å². The van der Waals surface area contributed by atoms with Crippen LogP contribution >= 0.6 is 39.9 Å². The minimum absolute atomic E-state index is 0. The predicted molar refractivity (Wildman–Crippen MR) is 116 cm³/mol. The van der Waals surface area contributed by atoms with Crippen LogP contribution in [0.5, 0.6) is 11.5 Å². The van der Waals surface area contributed by atoms with Crippen molar-refractivity contribution in [3.8, 4) is 11.5 Å². The zero-order valence-corrected chi connectivity index (χ0v) is 19.0. The summed E-state index contributed by atoms with van der Waals surface area (Å²) in [6, 6.07) is 6.99. The molecule has 0 radical (unpaired) electrons. The summed E-state index contributed by atoms with van der Waals surface area (Å²) in [6.45, 7) is 0.544. The first-order valence-corrected chi connectivity index (χ1v) is 8.56. The first-order valence-electron chi connectivity index (χ1n) is 7.77. The summed E-state index contributed by atoms with van der Waals surface area (Å²) >= 11 is 3.49. The van der Waals surface area contributed by atoms with Crippen molar-refractivity contribution in [1.29, 1.82) is 0 Å². The van der Waals surface area contributed by atoms with E-state index < -0.39 is 11.6 Å². The van der Waals surface area contributed by atoms with Gasteiger partial charge in [0.25, 0.3) is 0 Å². The Morgan fingerprint density at radius 3 is 2.19 bits per heavy atom. The fraction of sp³-hybridized carbons (Fsp3) is 0.278. The van der Waals surface area contributed by atoms with Gasteiger partial charge in [0, 0.05) is 30.2 Å². The quantitative estimate of drug-likeness (QED) is 0.318. The molecular formula is C18H21BrF2IN3O2. The minimum atomic E-state index is -0.486. The Morgan fingerprint density at radius 2 is 1.59 bits per heavy atom. The molecule has 2 N–H and O–H groups in total. The number of ether oxygens (including phenoxy) is 2.